The van der Waals surface area contributed by atoms with Gasteiger partial charge >= 0.3 is 6.18 Å². The third kappa shape index (κ3) is 4.32. The van der Waals surface area contributed by atoms with Crippen molar-refractivity contribution in [1.82, 2.24) is 20.1 Å². The molecule has 9 heteroatoms. The number of piperazine rings is 1. The van der Waals surface area contributed by atoms with Gasteiger partial charge < -0.3 is 5.32 Å². The Balaban J connectivity index is 0.00000176. The van der Waals surface area contributed by atoms with E-state index in [-0.39, 0.29) is 12.4 Å². The van der Waals surface area contributed by atoms with Crippen LogP contribution in [-0.4, -0.2) is 60.1 Å². The number of alkyl halides is 3. The van der Waals surface area contributed by atoms with E-state index in [0.29, 0.717) is 17.6 Å². The van der Waals surface area contributed by atoms with Gasteiger partial charge in [0.1, 0.15) is 9.88 Å². The first-order valence-electron chi connectivity index (χ1n) is 7.21. The standard InChI is InChI=1S/C13H19F3N4S.ClH/c14-13(15,16)11-7-18-12(21-11)9-19-4-1-10(8-19)20-5-2-17-3-6-20;/h7,10,17H,1-6,8-9H2;1H. The zero-order chi connectivity index (χ0) is 14.9. The van der Waals surface area contributed by atoms with Crippen molar-refractivity contribution < 1.29 is 13.2 Å². The van der Waals surface area contributed by atoms with E-state index in [4.69, 9.17) is 0 Å². The van der Waals surface area contributed by atoms with Crippen molar-refractivity contribution in [2.24, 2.45) is 0 Å². The molecule has 2 aliphatic heterocycles. The van der Waals surface area contributed by atoms with Crippen LogP contribution in [0.3, 0.4) is 0 Å². The molecule has 2 aliphatic rings. The van der Waals surface area contributed by atoms with Crippen molar-refractivity contribution in [3.63, 3.8) is 0 Å². The summed E-state index contributed by atoms with van der Waals surface area (Å²) in [5.74, 6) is 0. The number of hydrogen-bond donors (Lipinski definition) is 1. The Kier molecular flexibility index (Phi) is 6.07. The van der Waals surface area contributed by atoms with Crippen molar-refractivity contribution in [3.8, 4) is 0 Å². The summed E-state index contributed by atoms with van der Waals surface area (Å²) in [6.07, 6.45) is -2.23. The van der Waals surface area contributed by atoms with Crippen LogP contribution in [0.2, 0.25) is 0 Å². The summed E-state index contributed by atoms with van der Waals surface area (Å²) in [5, 5.41) is 3.89. The molecule has 1 aromatic heterocycles. The molecule has 0 aromatic carbocycles. The summed E-state index contributed by atoms with van der Waals surface area (Å²) in [6.45, 7) is 6.58. The highest BCUT2D eigenvalue weighted by atomic mass is 35.5. The average Bonchev–Trinajstić information content (AvgIpc) is 3.09. The van der Waals surface area contributed by atoms with Crippen LogP contribution in [0.1, 0.15) is 16.3 Å². The highest BCUT2D eigenvalue weighted by Crippen LogP contribution is 2.34. The number of halogens is 4. The topological polar surface area (TPSA) is 31.4 Å². The Morgan fingerprint density at radius 2 is 2.00 bits per heavy atom. The molecular weight excluding hydrogens is 337 g/mol. The van der Waals surface area contributed by atoms with Gasteiger partial charge in [0.2, 0.25) is 0 Å². The monoisotopic (exact) mass is 356 g/mol. The number of aromatic nitrogens is 1. The van der Waals surface area contributed by atoms with Gasteiger partial charge in [0, 0.05) is 45.3 Å². The number of nitrogens with zero attached hydrogens (tertiary/aromatic N) is 3. The van der Waals surface area contributed by atoms with Gasteiger partial charge in [0.05, 0.1) is 12.7 Å². The van der Waals surface area contributed by atoms with E-state index in [2.05, 4.69) is 20.1 Å². The fourth-order valence-electron chi connectivity index (χ4n) is 3.01. The largest absolute Gasteiger partial charge is 0.427 e. The molecule has 0 spiro atoms. The highest BCUT2D eigenvalue weighted by Gasteiger charge is 2.34. The fraction of sp³-hybridized carbons (Fsp3) is 0.769. The molecule has 126 valence electrons. The van der Waals surface area contributed by atoms with Crippen LogP contribution in [0.25, 0.3) is 0 Å². The van der Waals surface area contributed by atoms with Crippen molar-refractivity contribution in [3.05, 3.63) is 16.1 Å². The molecule has 3 rings (SSSR count). The summed E-state index contributed by atoms with van der Waals surface area (Å²) in [6, 6.07) is 0.536. The van der Waals surface area contributed by atoms with E-state index < -0.39 is 11.1 Å². The van der Waals surface area contributed by atoms with Gasteiger partial charge in [-0.05, 0) is 6.42 Å². The smallest absolute Gasteiger partial charge is 0.314 e. The molecule has 1 N–H and O–H groups in total. The molecule has 0 bridgehead atoms. The highest BCUT2D eigenvalue weighted by molar-refractivity contribution is 7.11. The Morgan fingerprint density at radius 1 is 1.27 bits per heavy atom. The second kappa shape index (κ2) is 7.44. The fourth-order valence-corrected chi connectivity index (χ4v) is 3.83. The molecule has 0 amide bonds. The molecule has 3 heterocycles. The maximum absolute atomic E-state index is 12.6. The van der Waals surface area contributed by atoms with Gasteiger partial charge in [-0.2, -0.15) is 13.2 Å². The van der Waals surface area contributed by atoms with Gasteiger partial charge in [-0.3, -0.25) is 9.80 Å². The van der Waals surface area contributed by atoms with Gasteiger partial charge in [-0.15, -0.1) is 23.7 Å². The second-order valence-corrected chi connectivity index (χ2v) is 6.69. The Hall–Kier alpha value is -0.410. The minimum atomic E-state index is -4.27. The van der Waals surface area contributed by atoms with Crippen LogP contribution in [0, 0.1) is 0 Å². The second-order valence-electron chi connectivity index (χ2n) is 5.58. The normalized spacial score (nSPS) is 24.4. The number of thiazole rings is 1. The zero-order valence-corrected chi connectivity index (χ0v) is 13.7. The van der Waals surface area contributed by atoms with Crippen LogP contribution < -0.4 is 5.32 Å². The Labute approximate surface area is 138 Å². The molecule has 1 atom stereocenters. The molecule has 22 heavy (non-hydrogen) atoms. The van der Waals surface area contributed by atoms with Crippen LogP contribution in [0.15, 0.2) is 6.20 Å². The van der Waals surface area contributed by atoms with Crippen LogP contribution in [0.5, 0.6) is 0 Å². The van der Waals surface area contributed by atoms with Crippen molar-refractivity contribution >= 4 is 23.7 Å². The predicted octanol–water partition coefficient (Wildman–Crippen LogP) is 2.06. The van der Waals surface area contributed by atoms with E-state index in [9.17, 15) is 13.2 Å². The predicted molar refractivity (Wildman–Crippen MR) is 82.5 cm³/mol. The lowest BCUT2D eigenvalue weighted by molar-refractivity contribution is -0.134. The molecule has 0 saturated carbocycles. The molecular formula is C13H20ClF3N4S. The van der Waals surface area contributed by atoms with Crippen LogP contribution in [-0.2, 0) is 12.7 Å². The van der Waals surface area contributed by atoms with Gasteiger partial charge in [-0.25, -0.2) is 4.98 Å². The first kappa shape index (κ1) is 17.9. The SMILES string of the molecule is Cl.FC(F)(F)c1cnc(CN2CCC(N3CCNCC3)C2)s1. The van der Waals surface area contributed by atoms with E-state index in [1.165, 1.54) is 0 Å². The van der Waals surface area contributed by atoms with E-state index >= 15 is 0 Å². The van der Waals surface area contributed by atoms with Crippen molar-refractivity contribution in [2.75, 3.05) is 39.3 Å². The molecule has 2 saturated heterocycles. The summed E-state index contributed by atoms with van der Waals surface area (Å²) in [5.41, 5.74) is 0. The minimum absolute atomic E-state index is 0. The van der Waals surface area contributed by atoms with Gasteiger partial charge in [-0.1, -0.05) is 0 Å². The summed E-state index contributed by atoms with van der Waals surface area (Å²) in [7, 11) is 0. The van der Waals surface area contributed by atoms with Crippen LogP contribution in [0.4, 0.5) is 13.2 Å². The van der Waals surface area contributed by atoms with E-state index in [1.54, 1.807) is 0 Å². The molecule has 0 radical (unpaired) electrons. The first-order chi connectivity index (χ1) is 10.0. The van der Waals surface area contributed by atoms with Crippen molar-refractivity contribution in [1.29, 1.82) is 0 Å². The lowest BCUT2D eigenvalue weighted by atomic mass is 10.2. The average molecular weight is 357 g/mol. The number of rotatable bonds is 3. The van der Waals surface area contributed by atoms with E-state index in [1.807, 2.05) is 0 Å². The molecule has 4 nitrogen and oxygen atoms in total. The quantitative estimate of drug-likeness (QED) is 0.898. The number of likely N-dealkylation sites (tertiary alicyclic amines) is 1. The lowest BCUT2D eigenvalue weighted by Gasteiger charge is -2.32. The lowest BCUT2D eigenvalue weighted by Crippen LogP contribution is -2.49. The Morgan fingerprint density at radius 3 is 2.64 bits per heavy atom. The third-order valence-electron chi connectivity index (χ3n) is 4.11. The van der Waals surface area contributed by atoms with Crippen molar-refractivity contribution in [2.45, 2.75) is 25.2 Å². The third-order valence-corrected chi connectivity index (χ3v) is 5.13. The summed E-state index contributed by atoms with van der Waals surface area (Å²) < 4.78 is 37.7. The summed E-state index contributed by atoms with van der Waals surface area (Å²) in [4.78, 5) is 8.01. The maximum Gasteiger partial charge on any atom is 0.427 e. The molecule has 1 unspecified atom stereocenters. The molecule has 2 fully saturated rings. The van der Waals surface area contributed by atoms with E-state index in [0.717, 1.165) is 63.2 Å². The number of hydrogen-bond acceptors (Lipinski definition) is 5. The maximum atomic E-state index is 12.6. The summed E-state index contributed by atoms with van der Waals surface area (Å²) >= 11 is 0.762. The zero-order valence-electron chi connectivity index (χ0n) is 12.1. The first-order valence-corrected chi connectivity index (χ1v) is 8.03. The molecule has 0 aliphatic carbocycles. The van der Waals surface area contributed by atoms with Gasteiger partial charge in [0.25, 0.3) is 0 Å². The van der Waals surface area contributed by atoms with Crippen LogP contribution >= 0.6 is 23.7 Å². The van der Waals surface area contributed by atoms with Gasteiger partial charge in [0.15, 0.2) is 0 Å². The Bertz CT molecular complexity index is 476. The number of nitrogens with one attached hydrogen (secondary N) is 1. The molecule has 1 aromatic rings. The minimum Gasteiger partial charge on any atom is -0.314 e.